The number of hydrogen-bond acceptors (Lipinski definition) is 4. The van der Waals surface area contributed by atoms with Crippen LogP contribution in [0.5, 0.6) is 0 Å². The van der Waals surface area contributed by atoms with Crippen LogP contribution in [0.15, 0.2) is 53.7 Å². The second-order valence-electron chi connectivity index (χ2n) is 9.78. The van der Waals surface area contributed by atoms with Crippen molar-refractivity contribution in [3.05, 3.63) is 59.1 Å². The smallest absolute Gasteiger partial charge is 0.0704 e. The van der Waals surface area contributed by atoms with E-state index in [1.165, 1.54) is 25.7 Å². The predicted molar refractivity (Wildman–Crippen MR) is 162 cm³/mol. The highest BCUT2D eigenvalue weighted by Crippen LogP contribution is 2.14. The summed E-state index contributed by atoms with van der Waals surface area (Å²) in [5.74, 6) is 0. The molecule has 2 atom stereocenters. The SMILES string of the molecule is CC=CCCCC(CC/C=C/CCCCCC/C=C/CCCC(CCC=CC)N=[N+]=[N-])OCCOCCO. The summed E-state index contributed by atoms with van der Waals surface area (Å²) in [6.07, 6.45) is 36.1. The summed E-state index contributed by atoms with van der Waals surface area (Å²) >= 11 is 0. The average Bonchev–Trinajstić information content (AvgIpc) is 2.92. The van der Waals surface area contributed by atoms with Gasteiger partial charge < -0.3 is 14.6 Å². The van der Waals surface area contributed by atoms with Crippen molar-refractivity contribution in [3.63, 3.8) is 0 Å². The monoisotopic (exact) mass is 531 g/mol. The van der Waals surface area contributed by atoms with Crippen molar-refractivity contribution in [2.75, 3.05) is 26.4 Å². The molecule has 0 saturated heterocycles. The second-order valence-corrected chi connectivity index (χ2v) is 9.78. The van der Waals surface area contributed by atoms with Gasteiger partial charge in [-0.2, -0.15) is 0 Å². The van der Waals surface area contributed by atoms with Gasteiger partial charge in [-0.3, -0.25) is 0 Å². The van der Waals surface area contributed by atoms with E-state index in [4.69, 9.17) is 20.1 Å². The number of unbranched alkanes of at least 4 members (excludes halogenated alkanes) is 7. The van der Waals surface area contributed by atoms with Gasteiger partial charge in [-0.15, -0.1) is 0 Å². The maximum absolute atomic E-state index is 8.79. The largest absolute Gasteiger partial charge is 0.394 e. The Kier molecular flexibility index (Phi) is 29.8. The van der Waals surface area contributed by atoms with Crippen LogP contribution in [0.25, 0.3) is 10.4 Å². The highest BCUT2D eigenvalue weighted by molar-refractivity contribution is 4.85. The molecule has 0 aliphatic heterocycles. The molecule has 0 aliphatic rings. The van der Waals surface area contributed by atoms with Crippen LogP contribution in [-0.4, -0.2) is 43.7 Å². The highest BCUT2D eigenvalue weighted by atomic mass is 16.5. The van der Waals surface area contributed by atoms with Crippen LogP contribution in [0.4, 0.5) is 0 Å². The van der Waals surface area contributed by atoms with Gasteiger partial charge in [-0.25, -0.2) is 0 Å². The van der Waals surface area contributed by atoms with E-state index in [9.17, 15) is 0 Å². The Morgan fingerprint density at radius 1 is 0.658 bits per heavy atom. The number of aliphatic hydroxyl groups is 1. The van der Waals surface area contributed by atoms with Crippen molar-refractivity contribution < 1.29 is 14.6 Å². The van der Waals surface area contributed by atoms with E-state index < -0.39 is 0 Å². The molecule has 0 aromatic heterocycles. The van der Waals surface area contributed by atoms with Crippen molar-refractivity contribution in [1.29, 1.82) is 0 Å². The van der Waals surface area contributed by atoms with Crippen molar-refractivity contribution in [3.8, 4) is 0 Å². The summed E-state index contributed by atoms with van der Waals surface area (Å²) in [5.41, 5.74) is 8.72. The van der Waals surface area contributed by atoms with Crippen molar-refractivity contribution in [1.82, 2.24) is 0 Å². The standard InChI is InChI=1S/C32H57N3O3/c1-3-5-7-21-25-32(38-30-29-37-28-27-36)26-22-18-16-14-12-10-8-9-11-13-15-17-20-24-31(34-35-33)23-19-6-4-2/h3-6,13,15-16,18,31-32,36H,7-12,14,17,19-30H2,1-2H3/b5-3?,6-4?,15-13+,18-16+. The first-order valence-electron chi connectivity index (χ1n) is 15.1. The maximum Gasteiger partial charge on any atom is 0.0704 e. The first-order valence-corrected chi connectivity index (χ1v) is 15.1. The zero-order valence-corrected chi connectivity index (χ0v) is 24.5. The van der Waals surface area contributed by atoms with Crippen molar-refractivity contribution in [2.45, 2.75) is 129 Å². The number of hydrogen-bond donors (Lipinski definition) is 1. The second kappa shape index (κ2) is 31.4. The predicted octanol–water partition coefficient (Wildman–Crippen LogP) is 9.57. The molecule has 0 heterocycles. The lowest BCUT2D eigenvalue weighted by Gasteiger charge is -2.17. The molecular formula is C32H57N3O3. The van der Waals surface area contributed by atoms with Crippen LogP contribution in [0.2, 0.25) is 0 Å². The van der Waals surface area contributed by atoms with Crippen molar-refractivity contribution >= 4 is 0 Å². The zero-order chi connectivity index (χ0) is 27.8. The molecule has 0 amide bonds. The first kappa shape index (κ1) is 36.1. The number of rotatable bonds is 28. The third-order valence-corrected chi connectivity index (χ3v) is 6.46. The Bertz CT molecular complexity index is 654. The van der Waals surface area contributed by atoms with Gasteiger partial charge in [-0.05, 0) is 109 Å². The molecule has 0 rings (SSSR count). The quantitative estimate of drug-likeness (QED) is 0.0358. The number of azide groups is 1. The third-order valence-electron chi connectivity index (χ3n) is 6.46. The molecule has 6 heteroatoms. The molecule has 0 spiro atoms. The van der Waals surface area contributed by atoms with Crippen LogP contribution in [-0.2, 0) is 9.47 Å². The van der Waals surface area contributed by atoms with Gasteiger partial charge >= 0.3 is 0 Å². The summed E-state index contributed by atoms with van der Waals surface area (Å²) in [7, 11) is 0. The number of nitrogens with zero attached hydrogens (tertiary/aromatic N) is 3. The normalized spacial score (nSPS) is 13.8. The number of ether oxygens (including phenoxy) is 2. The van der Waals surface area contributed by atoms with E-state index in [-0.39, 0.29) is 18.8 Å². The molecule has 1 N–H and O–H groups in total. The fraction of sp³-hybridized carbons (Fsp3) is 0.750. The summed E-state index contributed by atoms with van der Waals surface area (Å²) in [6.45, 7) is 5.69. The van der Waals surface area contributed by atoms with E-state index in [0.29, 0.717) is 19.8 Å². The summed E-state index contributed by atoms with van der Waals surface area (Å²) in [5, 5.41) is 12.7. The van der Waals surface area contributed by atoms with E-state index in [1.807, 2.05) is 6.92 Å². The van der Waals surface area contributed by atoms with E-state index in [1.54, 1.807) is 0 Å². The molecule has 0 aromatic carbocycles. The van der Waals surface area contributed by atoms with Crippen LogP contribution in [0, 0.1) is 0 Å². The van der Waals surface area contributed by atoms with Gasteiger partial charge in [0.2, 0.25) is 0 Å². The zero-order valence-electron chi connectivity index (χ0n) is 24.5. The molecule has 218 valence electrons. The van der Waals surface area contributed by atoms with Gasteiger partial charge in [0, 0.05) is 11.0 Å². The molecule has 0 radical (unpaired) electrons. The maximum atomic E-state index is 8.79. The number of aliphatic hydroxyl groups excluding tert-OH is 1. The topological polar surface area (TPSA) is 87.5 Å². The van der Waals surface area contributed by atoms with Crippen LogP contribution in [0.3, 0.4) is 0 Å². The fourth-order valence-electron chi connectivity index (χ4n) is 4.27. The van der Waals surface area contributed by atoms with Crippen molar-refractivity contribution in [2.24, 2.45) is 5.11 Å². The lowest BCUT2D eigenvalue weighted by molar-refractivity contribution is -0.00852. The lowest BCUT2D eigenvalue weighted by Crippen LogP contribution is -2.17. The minimum Gasteiger partial charge on any atom is -0.394 e. The Morgan fingerprint density at radius 2 is 1.24 bits per heavy atom. The fourth-order valence-corrected chi connectivity index (χ4v) is 4.27. The molecule has 0 bridgehead atoms. The minimum atomic E-state index is 0.0646. The van der Waals surface area contributed by atoms with Gasteiger partial charge in [0.25, 0.3) is 0 Å². The average molecular weight is 532 g/mol. The Balaban J connectivity index is 3.80. The van der Waals surface area contributed by atoms with Gasteiger partial charge in [0.1, 0.15) is 0 Å². The summed E-state index contributed by atoms with van der Waals surface area (Å²) in [4.78, 5) is 3.00. The van der Waals surface area contributed by atoms with Gasteiger partial charge in [0.05, 0.1) is 32.5 Å². The highest BCUT2D eigenvalue weighted by Gasteiger charge is 2.08. The molecular weight excluding hydrogens is 474 g/mol. The lowest BCUT2D eigenvalue weighted by atomic mass is 10.0. The summed E-state index contributed by atoms with van der Waals surface area (Å²) < 4.78 is 11.3. The molecule has 0 fully saturated rings. The van der Waals surface area contributed by atoms with E-state index >= 15 is 0 Å². The molecule has 0 aromatic rings. The van der Waals surface area contributed by atoms with Crippen LogP contribution < -0.4 is 0 Å². The molecule has 0 saturated carbocycles. The van der Waals surface area contributed by atoms with Crippen LogP contribution >= 0.6 is 0 Å². The van der Waals surface area contributed by atoms with Crippen LogP contribution in [0.1, 0.15) is 117 Å². The third kappa shape index (κ3) is 27.2. The Labute approximate surface area is 233 Å². The van der Waals surface area contributed by atoms with E-state index in [0.717, 1.165) is 77.0 Å². The molecule has 2 unspecified atom stereocenters. The Morgan fingerprint density at radius 3 is 1.89 bits per heavy atom. The summed E-state index contributed by atoms with van der Waals surface area (Å²) in [6, 6.07) is 0.129. The minimum absolute atomic E-state index is 0.0646. The Hall–Kier alpha value is -1.85. The molecule has 6 nitrogen and oxygen atoms in total. The molecule has 38 heavy (non-hydrogen) atoms. The van der Waals surface area contributed by atoms with Gasteiger partial charge in [0.15, 0.2) is 0 Å². The van der Waals surface area contributed by atoms with E-state index in [2.05, 4.69) is 65.6 Å². The number of allylic oxidation sites excluding steroid dienone is 8. The molecule has 0 aliphatic carbocycles. The van der Waals surface area contributed by atoms with Gasteiger partial charge in [-0.1, -0.05) is 66.6 Å². The first-order chi connectivity index (χ1) is 18.8.